The molecule has 142 valence electrons. The van der Waals surface area contributed by atoms with Crippen LogP contribution in [0.1, 0.15) is 11.5 Å². The fourth-order valence-corrected chi connectivity index (χ4v) is 4.34. The van der Waals surface area contributed by atoms with Gasteiger partial charge in [-0.25, -0.2) is 0 Å². The molecule has 0 radical (unpaired) electrons. The molecule has 0 saturated heterocycles. The number of para-hydroxylation sites is 3. The van der Waals surface area contributed by atoms with Gasteiger partial charge < -0.3 is 9.80 Å². The van der Waals surface area contributed by atoms with Crippen molar-refractivity contribution < 1.29 is 4.79 Å². The van der Waals surface area contributed by atoms with Gasteiger partial charge in [0.05, 0.1) is 6.04 Å². The summed E-state index contributed by atoms with van der Waals surface area (Å²) < 4.78 is 0. The molecule has 29 heavy (non-hydrogen) atoms. The summed E-state index contributed by atoms with van der Waals surface area (Å²) >= 11 is 0. The summed E-state index contributed by atoms with van der Waals surface area (Å²) in [5.74, 6) is 0.319. The Morgan fingerprint density at radius 2 is 1.34 bits per heavy atom. The van der Waals surface area contributed by atoms with Crippen molar-refractivity contribution in [2.24, 2.45) is 0 Å². The molecule has 3 heteroatoms. The smallest absolute Gasteiger partial charge is 0.247 e. The van der Waals surface area contributed by atoms with Gasteiger partial charge in [-0.05, 0) is 35.9 Å². The lowest BCUT2D eigenvalue weighted by molar-refractivity contribution is -0.117. The predicted octanol–water partition coefficient (Wildman–Crippen LogP) is 5.45. The molecule has 1 aliphatic carbocycles. The fourth-order valence-electron chi connectivity index (χ4n) is 4.34. The number of amides is 1. The van der Waals surface area contributed by atoms with Crippen LogP contribution in [0.5, 0.6) is 0 Å². The zero-order valence-corrected chi connectivity index (χ0v) is 16.1. The summed E-state index contributed by atoms with van der Waals surface area (Å²) in [6.07, 6.45) is 8.45. The van der Waals surface area contributed by atoms with E-state index >= 15 is 0 Å². The highest BCUT2D eigenvalue weighted by Crippen LogP contribution is 2.43. The van der Waals surface area contributed by atoms with Gasteiger partial charge in [-0.1, -0.05) is 78.9 Å². The Morgan fingerprint density at radius 1 is 0.759 bits per heavy atom. The Kier molecular flexibility index (Phi) is 4.49. The Morgan fingerprint density at radius 3 is 2.03 bits per heavy atom. The number of benzene rings is 3. The lowest BCUT2D eigenvalue weighted by atomic mass is 9.91. The number of carbonyl (C=O) groups excluding carboxylic acids is 1. The second-order valence-electron chi connectivity index (χ2n) is 7.37. The standard InChI is InChI=1S/C26H22N2O/c29-26(19-27(20-11-3-1-4-12-20)21-13-5-2-6-14-21)28-24-17-9-7-15-22(24)23-16-8-10-18-25(23)28/h1-18,22,24H,19H2/t22-,24-/m1/s1. The maximum atomic E-state index is 13.6. The highest BCUT2D eigenvalue weighted by molar-refractivity contribution is 6.01. The largest absolute Gasteiger partial charge is 0.332 e. The van der Waals surface area contributed by atoms with Crippen LogP contribution in [-0.2, 0) is 4.79 Å². The van der Waals surface area contributed by atoms with E-state index in [9.17, 15) is 4.79 Å². The van der Waals surface area contributed by atoms with E-state index in [4.69, 9.17) is 0 Å². The molecule has 0 aromatic heterocycles. The SMILES string of the molecule is O=C(CN(c1ccccc1)c1ccccc1)N1c2ccccc2[C@H]2C=CC=C[C@H]21. The molecule has 1 amide bonds. The van der Waals surface area contributed by atoms with Crippen LogP contribution in [0.4, 0.5) is 17.1 Å². The average Bonchev–Trinajstić information content (AvgIpc) is 3.13. The summed E-state index contributed by atoms with van der Waals surface area (Å²) in [7, 11) is 0. The van der Waals surface area contributed by atoms with Crippen molar-refractivity contribution in [3.8, 4) is 0 Å². The van der Waals surface area contributed by atoms with E-state index in [0.29, 0.717) is 0 Å². The zero-order valence-electron chi connectivity index (χ0n) is 16.1. The van der Waals surface area contributed by atoms with Gasteiger partial charge in [0.2, 0.25) is 5.91 Å². The maximum absolute atomic E-state index is 13.6. The van der Waals surface area contributed by atoms with Crippen LogP contribution >= 0.6 is 0 Å². The Bertz CT molecular complexity index is 1030. The molecule has 0 fully saturated rings. The molecule has 2 atom stereocenters. The predicted molar refractivity (Wildman–Crippen MR) is 119 cm³/mol. The van der Waals surface area contributed by atoms with Crippen molar-refractivity contribution in [3.05, 3.63) is 115 Å². The number of carbonyl (C=O) groups is 1. The second-order valence-corrected chi connectivity index (χ2v) is 7.37. The van der Waals surface area contributed by atoms with Gasteiger partial charge in [0.25, 0.3) is 0 Å². The van der Waals surface area contributed by atoms with Crippen molar-refractivity contribution in [1.82, 2.24) is 0 Å². The first-order valence-electron chi connectivity index (χ1n) is 9.96. The number of fused-ring (bicyclic) bond motifs is 3. The fraction of sp³-hybridized carbons (Fsp3) is 0.115. The van der Waals surface area contributed by atoms with Crippen LogP contribution in [0.2, 0.25) is 0 Å². The van der Waals surface area contributed by atoms with Crippen molar-refractivity contribution in [1.29, 1.82) is 0 Å². The second kappa shape index (κ2) is 7.44. The van der Waals surface area contributed by atoms with Crippen LogP contribution < -0.4 is 9.80 Å². The van der Waals surface area contributed by atoms with Crippen LogP contribution in [0.15, 0.2) is 109 Å². The first-order chi connectivity index (χ1) is 14.3. The van der Waals surface area contributed by atoms with Crippen molar-refractivity contribution in [3.63, 3.8) is 0 Å². The third-order valence-corrected chi connectivity index (χ3v) is 5.66. The van der Waals surface area contributed by atoms with Crippen LogP contribution in [0.25, 0.3) is 0 Å². The van der Waals surface area contributed by atoms with E-state index in [0.717, 1.165) is 17.1 Å². The minimum absolute atomic E-state index is 0.0401. The van der Waals surface area contributed by atoms with Crippen LogP contribution in [-0.4, -0.2) is 18.5 Å². The van der Waals surface area contributed by atoms with Gasteiger partial charge >= 0.3 is 0 Å². The molecule has 5 rings (SSSR count). The Balaban J connectivity index is 1.51. The number of allylic oxidation sites excluding steroid dienone is 2. The molecule has 0 unspecified atom stereocenters. The quantitative estimate of drug-likeness (QED) is 0.603. The highest BCUT2D eigenvalue weighted by atomic mass is 16.2. The Hall–Kier alpha value is -3.59. The summed E-state index contributed by atoms with van der Waals surface area (Å²) in [4.78, 5) is 17.7. The van der Waals surface area contributed by atoms with Crippen molar-refractivity contribution in [2.45, 2.75) is 12.0 Å². The molecule has 0 bridgehead atoms. The van der Waals surface area contributed by atoms with Gasteiger partial charge in [-0.3, -0.25) is 4.79 Å². The molecule has 1 heterocycles. The number of rotatable bonds is 4. The molecule has 2 aliphatic rings. The first kappa shape index (κ1) is 17.5. The minimum atomic E-state index is 0.0401. The van der Waals surface area contributed by atoms with E-state index in [2.05, 4.69) is 41.3 Å². The van der Waals surface area contributed by atoms with E-state index in [1.807, 2.05) is 77.7 Å². The number of hydrogen-bond acceptors (Lipinski definition) is 2. The molecule has 1 aliphatic heterocycles. The number of nitrogens with zero attached hydrogens (tertiary/aromatic N) is 2. The first-order valence-corrected chi connectivity index (χ1v) is 9.96. The third-order valence-electron chi connectivity index (χ3n) is 5.66. The summed E-state index contributed by atoms with van der Waals surface area (Å²) in [6, 6.07) is 28.5. The molecule has 3 aromatic carbocycles. The summed E-state index contributed by atoms with van der Waals surface area (Å²) in [6.45, 7) is 0.281. The van der Waals surface area contributed by atoms with Crippen LogP contribution in [0.3, 0.4) is 0 Å². The molecule has 0 N–H and O–H groups in total. The summed E-state index contributed by atoms with van der Waals surface area (Å²) in [5.41, 5.74) is 4.26. The molecule has 3 nitrogen and oxygen atoms in total. The molecule has 0 saturated carbocycles. The average molecular weight is 378 g/mol. The van der Waals surface area contributed by atoms with Gasteiger partial charge in [-0.15, -0.1) is 0 Å². The highest BCUT2D eigenvalue weighted by Gasteiger charge is 2.39. The summed E-state index contributed by atoms with van der Waals surface area (Å²) in [5, 5.41) is 0. The lowest BCUT2D eigenvalue weighted by Gasteiger charge is -2.31. The van der Waals surface area contributed by atoms with Gasteiger partial charge in [-0.2, -0.15) is 0 Å². The Labute approximate surface area is 171 Å². The van der Waals surface area contributed by atoms with Gasteiger partial charge in [0.1, 0.15) is 6.54 Å². The van der Waals surface area contributed by atoms with Crippen LogP contribution in [0, 0.1) is 0 Å². The van der Waals surface area contributed by atoms with Gasteiger partial charge in [0, 0.05) is 23.0 Å². The molecule has 0 spiro atoms. The van der Waals surface area contributed by atoms with Crippen molar-refractivity contribution >= 4 is 23.0 Å². The molecular weight excluding hydrogens is 356 g/mol. The van der Waals surface area contributed by atoms with E-state index in [-0.39, 0.29) is 24.4 Å². The molecule has 3 aromatic rings. The normalized spacial score (nSPS) is 19.0. The van der Waals surface area contributed by atoms with E-state index < -0.39 is 0 Å². The van der Waals surface area contributed by atoms with E-state index in [1.54, 1.807) is 0 Å². The molecular formula is C26H22N2O. The van der Waals surface area contributed by atoms with Gasteiger partial charge in [0.15, 0.2) is 0 Å². The number of anilines is 3. The third kappa shape index (κ3) is 3.15. The van der Waals surface area contributed by atoms with E-state index in [1.165, 1.54) is 5.56 Å². The topological polar surface area (TPSA) is 23.6 Å². The maximum Gasteiger partial charge on any atom is 0.247 e. The lowest BCUT2D eigenvalue weighted by Crippen LogP contribution is -2.43. The number of hydrogen-bond donors (Lipinski definition) is 0. The zero-order chi connectivity index (χ0) is 19.6. The minimum Gasteiger partial charge on any atom is -0.332 e. The monoisotopic (exact) mass is 378 g/mol. The van der Waals surface area contributed by atoms with Crippen molar-refractivity contribution in [2.75, 3.05) is 16.3 Å².